The van der Waals surface area contributed by atoms with Gasteiger partial charge in [-0.3, -0.25) is 9.89 Å². The zero-order valence-corrected chi connectivity index (χ0v) is 16.0. The number of rotatable bonds is 4. The Morgan fingerprint density at radius 3 is 2.89 bits per heavy atom. The average molecular weight is 367 g/mol. The van der Waals surface area contributed by atoms with Crippen LogP contribution in [0.15, 0.2) is 12.4 Å². The van der Waals surface area contributed by atoms with Crippen LogP contribution in [-0.4, -0.2) is 43.6 Å². The van der Waals surface area contributed by atoms with Gasteiger partial charge in [0.2, 0.25) is 0 Å². The maximum Gasteiger partial charge on any atom is 0.274 e. The van der Waals surface area contributed by atoms with Gasteiger partial charge in [-0.2, -0.15) is 5.10 Å². The maximum absolute atomic E-state index is 13.2. The van der Waals surface area contributed by atoms with Crippen LogP contribution < -0.4 is 0 Å². The first-order valence-electron chi connectivity index (χ1n) is 10.7. The Balaban J connectivity index is 1.32. The van der Waals surface area contributed by atoms with Crippen molar-refractivity contribution in [1.82, 2.24) is 24.6 Å². The van der Waals surface area contributed by atoms with Gasteiger partial charge < -0.3 is 9.47 Å². The first kappa shape index (κ1) is 17.0. The van der Waals surface area contributed by atoms with E-state index >= 15 is 0 Å². The highest BCUT2D eigenvalue weighted by atomic mass is 16.2. The lowest BCUT2D eigenvalue weighted by Gasteiger charge is -2.33. The van der Waals surface area contributed by atoms with E-state index in [0.717, 1.165) is 57.7 Å². The third-order valence-corrected chi connectivity index (χ3v) is 6.76. The molecule has 0 bridgehead atoms. The van der Waals surface area contributed by atoms with Crippen molar-refractivity contribution in [3.8, 4) is 0 Å². The van der Waals surface area contributed by atoms with E-state index in [1.54, 1.807) is 0 Å². The lowest BCUT2D eigenvalue weighted by molar-refractivity contribution is 0.0695. The largest absolute Gasteiger partial charge is 0.337 e. The lowest BCUT2D eigenvalue weighted by Crippen LogP contribution is -2.40. The van der Waals surface area contributed by atoms with Crippen LogP contribution >= 0.6 is 0 Å². The van der Waals surface area contributed by atoms with Crippen molar-refractivity contribution < 1.29 is 4.79 Å². The molecule has 2 aromatic heterocycles. The van der Waals surface area contributed by atoms with Crippen LogP contribution in [0.25, 0.3) is 0 Å². The summed E-state index contributed by atoms with van der Waals surface area (Å²) in [5.41, 5.74) is 3.01. The predicted molar refractivity (Wildman–Crippen MR) is 103 cm³/mol. The van der Waals surface area contributed by atoms with E-state index in [2.05, 4.69) is 25.9 Å². The molecule has 1 saturated heterocycles. The molecule has 0 spiro atoms. The minimum atomic E-state index is 0.108. The molecule has 1 N–H and O–H groups in total. The standard InChI is InChI=1S/C21H29N5O/c27-21(19-17-8-1-2-9-18(17)23-24-19)26-11-4-7-16(14-26)20-22-10-12-25(20)13-15-5-3-6-15/h10,12,15-16H,1-9,11,13-14H2,(H,23,24). The molecule has 0 aromatic carbocycles. The number of carbonyl (C=O) groups is 1. The van der Waals surface area contributed by atoms with Crippen LogP contribution in [0, 0.1) is 5.92 Å². The number of imidazole rings is 1. The zero-order chi connectivity index (χ0) is 18.2. The number of hydrogen-bond donors (Lipinski definition) is 1. The summed E-state index contributed by atoms with van der Waals surface area (Å²) in [6.45, 7) is 2.69. The van der Waals surface area contributed by atoms with E-state index in [-0.39, 0.29) is 5.91 Å². The number of fused-ring (bicyclic) bond motifs is 1. The normalized spacial score (nSPS) is 23.1. The number of nitrogens with zero attached hydrogens (tertiary/aromatic N) is 4. The molecule has 6 heteroatoms. The number of hydrogen-bond acceptors (Lipinski definition) is 3. The molecule has 1 atom stereocenters. The van der Waals surface area contributed by atoms with Crippen LogP contribution in [0.5, 0.6) is 0 Å². The van der Waals surface area contributed by atoms with Crippen molar-refractivity contribution in [3.63, 3.8) is 0 Å². The second-order valence-electron chi connectivity index (χ2n) is 8.56. The Labute approximate surface area is 160 Å². The van der Waals surface area contributed by atoms with Crippen LogP contribution in [-0.2, 0) is 19.4 Å². The van der Waals surface area contributed by atoms with Gasteiger partial charge in [-0.15, -0.1) is 0 Å². The minimum Gasteiger partial charge on any atom is -0.337 e. The first-order valence-corrected chi connectivity index (χ1v) is 10.7. The molecule has 27 heavy (non-hydrogen) atoms. The number of aromatic amines is 1. The van der Waals surface area contributed by atoms with Crippen LogP contribution in [0.3, 0.4) is 0 Å². The third-order valence-electron chi connectivity index (χ3n) is 6.76. The van der Waals surface area contributed by atoms with Gasteiger partial charge in [0, 0.05) is 49.2 Å². The Hall–Kier alpha value is -2.11. The zero-order valence-electron chi connectivity index (χ0n) is 16.0. The first-order chi connectivity index (χ1) is 13.3. The fraction of sp³-hybridized carbons (Fsp3) is 0.667. The van der Waals surface area contributed by atoms with Gasteiger partial charge in [0.1, 0.15) is 5.82 Å². The summed E-state index contributed by atoms with van der Waals surface area (Å²) in [5.74, 6) is 2.43. The van der Waals surface area contributed by atoms with Crippen LogP contribution in [0.1, 0.15) is 78.4 Å². The number of amides is 1. The highest BCUT2D eigenvalue weighted by molar-refractivity contribution is 5.94. The molecule has 5 rings (SSSR count). The second kappa shape index (κ2) is 7.13. The maximum atomic E-state index is 13.2. The summed E-state index contributed by atoms with van der Waals surface area (Å²) in [5, 5.41) is 7.51. The van der Waals surface area contributed by atoms with E-state index in [4.69, 9.17) is 0 Å². The van der Waals surface area contributed by atoms with Crippen LogP contribution in [0.4, 0.5) is 0 Å². The molecule has 6 nitrogen and oxygen atoms in total. The average Bonchev–Trinajstić information content (AvgIpc) is 3.31. The molecule has 2 aliphatic carbocycles. The van der Waals surface area contributed by atoms with Crippen molar-refractivity contribution in [1.29, 1.82) is 0 Å². The number of nitrogens with one attached hydrogen (secondary N) is 1. The minimum absolute atomic E-state index is 0.108. The molecular weight excluding hydrogens is 338 g/mol. The number of aryl methyl sites for hydroxylation is 1. The molecule has 2 fully saturated rings. The van der Waals surface area contributed by atoms with Gasteiger partial charge in [-0.05, 0) is 57.3 Å². The van der Waals surface area contributed by atoms with E-state index < -0.39 is 0 Å². The summed E-state index contributed by atoms with van der Waals surface area (Å²) in [4.78, 5) is 19.9. The van der Waals surface area contributed by atoms with E-state index in [1.165, 1.54) is 42.8 Å². The number of H-pyrrole nitrogens is 1. The van der Waals surface area contributed by atoms with Crippen molar-refractivity contribution in [2.75, 3.05) is 13.1 Å². The summed E-state index contributed by atoms with van der Waals surface area (Å²) < 4.78 is 2.35. The van der Waals surface area contributed by atoms with Gasteiger partial charge in [0.15, 0.2) is 5.69 Å². The Morgan fingerprint density at radius 2 is 2.04 bits per heavy atom. The predicted octanol–water partition coefficient (Wildman–Crippen LogP) is 3.30. The highest BCUT2D eigenvalue weighted by Gasteiger charge is 2.31. The molecule has 3 heterocycles. The van der Waals surface area contributed by atoms with Gasteiger partial charge in [0.25, 0.3) is 5.91 Å². The molecule has 0 radical (unpaired) electrons. The van der Waals surface area contributed by atoms with Gasteiger partial charge >= 0.3 is 0 Å². The summed E-state index contributed by atoms with van der Waals surface area (Å²) in [7, 11) is 0. The fourth-order valence-electron chi connectivity index (χ4n) is 4.97. The third kappa shape index (κ3) is 3.19. The number of carbonyl (C=O) groups excluding carboxylic acids is 1. The van der Waals surface area contributed by atoms with Gasteiger partial charge in [-0.25, -0.2) is 4.98 Å². The van der Waals surface area contributed by atoms with Crippen molar-refractivity contribution in [3.05, 3.63) is 35.2 Å². The number of piperidine rings is 1. The molecule has 1 aliphatic heterocycles. The Kier molecular flexibility index (Phi) is 4.50. The summed E-state index contributed by atoms with van der Waals surface area (Å²) in [6, 6.07) is 0. The van der Waals surface area contributed by atoms with E-state index in [0.29, 0.717) is 11.6 Å². The monoisotopic (exact) mass is 367 g/mol. The molecule has 144 valence electrons. The molecular formula is C21H29N5O. The molecule has 1 unspecified atom stereocenters. The summed E-state index contributed by atoms with van der Waals surface area (Å²) >= 11 is 0. The Morgan fingerprint density at radius 1 is 1.15 bits per heavy atom. The fourth-order valence-corrected chi connectivity index (χ4v) is 4.97. The highest BCUT2D eigenvalue weighted by Crippen LogP contribution is 2.32. The van der Waals surface area contributed by atoms with E-state index in [9.17, 15) is 4.79 Å². The van der Waals surface area contributed by atoms with Gasteiger partial charge in [-0.1, -0.05) is 6.42 Å². The van der Waals surface area contributed by atoms with Crippen molar-refractivity contribution >= 4 is 5.91 Å². The summed E-state index contributed by atoms with van der Waals surface area (Å²) in [6.07, 6.45) is 14.6. The molecule has 1 saturated carbocycles. The SMILES string of the molecule is O=C(c1n[nH]c2c1CCCC2)N1CCCC(c2nccn2CC2CCC2)C1. The second-order valence-corrected chi connectivity index (χ2v) is 8.56. The smallest absolute Gasteiger partial charge is 0.274 e. The quantitative estimate of drug-likeness (QED) is 0.901. The van der Waals surface area contributed by atoms with E-state index in [1.807, 2.05) is 11.1 Å². The number of aromatic nitrogens is 4. The van der Waals surface area contributed by atoms with Gasteiger partial charge in [0.05, 0.1) is 0 Å². The number of likely N-dealkylation sites (tertiary alicyclic amines) is 1. The molecule has 2 aromatic rings. The van der Waals surface area contributed by atoms with Crippen molar-refractivity contribution in [2.24, 2.45) is 5.92 Å². The Bertz CT molecular complexity index is 818. The molecule has 3 aliphatic rings. The molecule has 1 amide bonds. The topological polar surface area (TPSA) is 66.8 Å². The van der Waals surface area contributed by atoms with Crippen LogP contribution in [0.2, 0.25) is 0 Å². The lowest BCUT2D eigenvalue weighted by atomic mass is 9.85. The van der Waals surface area contributed by atoms with Crippen molar-refractivity contribution in [2.45, 2.75) is 70.3 Å².